The first-order chi connectivity index (χ1) is 8.90. The van der Waals surface area contributed by atoms with E-state index in [1.807, 2.05) is 6.92 Å². The van der Waals surface area contributed by atoms with E-state index in [4.69, 9.17) is 19.3 Å². The average molecular weight is 270 g/mol. The van der Waals surface area contributed by atoms with Gasteiger partial charge in [-0.15, -0.1) is 0 Å². The highest BCUT2D eigenvalue weighted by Gasteiger charge is 2.43. The first-order valence-electron chi connectivity index (χ1n) is 7.03. The van der Waals surface area contributed by atoms with Crippen molar-refractivity contribution >= 4 is 0 Å². The van der Waals surface area contributed by atoms with Gasteiger partial charge in [-0.2, -0.15) is 0 Å². The number of hydrogen-bond acceptors (Lipinski definition) is 4. The van der Waals surface area contributed by atoms with Gasteiger partial charge in [-0.1, -0.05) is 19.9 Å². The Balaban J connectivity index is 2.07. The Morgan fingerprint density at radius 3 is 2.47 bits per heavy atom. The van der Waals surface area contributed by atoms with Crippen LogP contribution in [0.2, 0.25) is 0 Å². The van der Waals surface area contributed by atoms with Crippen molar-refractivity contribution in [3.8, 4) is 0 Å². The predicted molar refractivity (Wildman–Crippen MR) is 72.8 cm³/mol. The Hall–Kier alpha value is -0.420. The fourth-order valence-corrected chi connectivity index (χ4v) is 2.75. The molecule has 0 amide bonds. The van der Waals surface area contributed by atoms with E-state index in [1.54, 1.807) is 7.11 Å². The molecule has 1 aliphatic carbocycles. The SMILES string of the molecule is CO[C@H]1CC(C2(C)OCC(C)(C)CO2)=C[C@H]1CCO. The molecule has 0 saturated carbocycles. The van der Waals surface area contributed by atoms with Gasteiger partial charge in [-0.25, -0.2) is 0 Å². The normalized spacial score (nSPS) is 33.2. The maximum absolute atomic E-state index is 9.12. The maximum Gasteiger partial charge on any atom is 0.188 e. The van der Waals surface area contributed by atoms with Gasteiger partial charge in [-0.05, 0) is 18.9 Å². The van der Waals surface area contributed by atoms with Gasteiger partial charge in [0, 0.05) is 31.5 Å². The molecule has 19 heavy (non-hydrogen) atoms. The van der Waals surface area contributed by atoms with Gasteiger partial charge in [0.2, 0.25) is 0 Å². The van der Waals surface area contributed by atoms with Crippen LogP contribution < -0.4 is 0 Å². The van der Waals surface area contributed by atoms with E-state index in [-0.39, 0.29) is 24.0 Å². The zero-order valence-electron chi connectivity index (χ0n) is 12.4. The lowest BCUT2D eigenvalue weighted by Crippen LogP contribution is -2.46. The van der Waals surface area contributed by atoms with Crippen LogP contribution in [0.25, 0.3) is 0 Å². The maximum atomic E-state index is 9.12. The molecule has 4 nitrogen and oxygen atoms in total. The number of aliphatic hydroxyl groups excluding tert-OH is 1. The highest BCUT2D eigenvalue weighted by Crippen LogP contribution is 2.41. The summed E-state index contributed by atoms with van der Waals surface area (Å²) in [5.41, 5.74) is 1.22. The summed E-state index contributed by atoms with van der Waals surface area (Å²) in [5.74, 6) is -0.375. The highest BCUT2D eigenvalue weighted by atomic mass is 16.7. The standard InChI is InChI=1S/C15H26O4/c1-14(2)9-18-15(3,19-10-14)12-7-11(5-6-16)13(8-12)17-4/h7,11,13,16H,5-6,8-10H2,1-4H3/t11-,13+/m1/s1. The second-order valence-corrected chi connectivity index (χ2v) is 6.53. The molecular formula is C15H26O4. The molecule has 1 N–H and O–H groups in total. The third-order valence-corrected chi connectivity index (χ3v) is 4.14. The van der Waals surface area contributed by atoms with E-state index in [1.165, 1.54) is 0 Å². The van der Waals surface area contributed by atoms with Crippen LogP contribution in [0.4, 0.5) is 0 Å². The summed E-state index contributed by atoms with van der Waals surface area (Å²) in [6.45, 7) is 7.85. The molecule has 1 saturated heterocycles. The van der Waals surface area contributed by atoms with Crippen molar-refractivity contribution in [2.45, 2.75) is 45.5 Å². The lowest BCUT2D eigenvalue weighted by atomic mass is 9.93. The molecule has 1 heterocycles. The first kappa shape index (κ1) is 15.0. The molecule has 1 aliphatic heterocycles. The van der Waals surface area contributed by atoms with E-state index in [9.17, 15) is 0 Å². The third kappa shape index (κ3) is 3.19. The molecule has 4 heteroatoms. The molecule has 0 aromatic rings. The van der Waals surface area contributed by atoms with Crippen molar-refractivity contribution in [1.82, 2.24) is 0 Å². The molecule has 0 aromatic heterocycles. The molecule has 2 rings (SSSR count). The van der Waals surface area contributed by atoms with Crippen molar-refractivity contribution < 1.29 is 19.3 Å². The van der Waals surface area contributed by atoms with Gasteiger partial charge in [-0.3, -0.25) is 0 Å². The first-order valence-corrected chi connectivity index (χ1v) is 7.03. The molecular weight excluding hydrogens is 244 g/mol. The van der Waals surface area contributed by atoms with Crippen LogP contribution in [-0.4, -0.2) is 43.9 Å². The topological polar surface area (TPSA) is 47.9 Å². The smallest absolute Gasteiger partial charge is 0.188 e. The molecule has 0 spiro atoms. The summed E-state index contributed by atoms with van der Waals surface area (Å²) in [6.07, 6.45) is 3.84. The quantitative estimate of drug-likeness (QED) is 0.795. The zero-order valence-corrected chi connectivity index (χ0v) is 12.4. The number of hydrogen-bond donors (Lipinski definition) is 1. The van der Waals surface area contributed by atoms with Gasteiger partial charge in [0.15, 0.2) is 5.79 Å². The van der Waals surface area contributed by atoms with Crippen molar-refractivity contribution in [1.29, 1.82) is 0 Å². The third-order valence-electron chi connectivity index (χ3n) is 4.14. The van der Waals surface area contributed by atoms with Crippen LogP contribution in [0, 0.1) is 11.3 Å². The van der Waals surface area contributed by atoms with Crippen molar-refractivity contribution in [3.05, 3.63) is 11.6 Å². The number of aliphatic hydroxyl groups is 1. The van der Waals surface area contributed by atoms with Crippen LogP contribution in [0.5, 0.6) is 0 Å². The summed E-state index contributed by atoms with van der Waals surface area (Å²) in [6, 6.07) is 0. The van der Waals surface area contributed by atoms with E-state index < -0.39 is 5.79 Å². The summed E-state index contributed by atoms with van der Waals surface area (Å²) < 4.78 is 17.5. The van der Waals surface area contributed by atoms with Gasteiger partial charge < -0.3 is 19.3 Å². The Morgan fingerprint density at radius 1 is 1.32 bits per heavy atom. The minimum Gasteiger partial charge on any atom is -0.396 e. The molecule has 110 valence electrons. The van der Waals surface area contributed by atoms with E-state index in [0.717, 1.165) is 18.4 Å². The predicted octanol–water partition coefficient (Wildman–Crippen LogP) is 2.12. The van der Waals surface area contributed by atoms with Gasteiger partial charge in [0.1, 0.15) is 0 Å². The van der Waals surface area contributed by atoms with Crippen molar-refractivity contribution in [2.75, 3.05) is 26.9 Å². The molecule has 2 atom stereocenters. The highest BCUT2D eigenvalue weighted by molar-refractivity contribution is 5.22. The zero-order chi connectivity index (χ0) is 14.1. The molecule has 2 aliphatic rings. The van der Waals surface area contributed by atoms with Crippen molar-refractivity contribution in [2.24, 2.45) is 11.3 Å². The second-order valence-electron chi connectivity index (χ2n) is 6.53. The van der Waals surface area contributed by atoms with Gasteiger partial charge in [0.25, 0.3) is 0 Å². The second kappa shape index (κ2) is 5.52. The summed E-state index contributed by atoms with van der Waals surface area (Å²) >= 11 is 0. The summed E-state index contributed by atoms with van der Waals surface area (Å²) in [7, 11) is 1.72. The van der Waals surface area contributed by atoms with Gasteiger partial charge in [0.05, 0.1) is 19.3 Å². The summed E-state index contributed by atoms with van der Waals surface area (Å²) in [5, 5.41) is 9.12. The largest absolute Gasteiger partial charge is 0.396 e. The molecule has 0 aromatic carbocycles. The molecule has 1 fully saturated rings. The number of ether oxygens (including phenoxy) is 3. The lowest BCUT2D eigenvalue weighted by Gasteiger charge is -2.42. The van der Waals surface area contributed by atoms with Crippen LogP contribution in [-0.2, 0) is 14.2 Å². The fraction of sp³-hybridized carbons (Fsp3) is 0.867. The molecule has 0 bridgehead atoms. The van der Waals surface area contributed by atoms with E-state index >= 15 is 0 Å². The van der Waals surface area contributed by atoms with Crippen LogP contribution in [0.3, 0.4) is 0 Å². The Kier molecular flexibility index (Phi) is 4.35. The Morgan fingerprint density at radius 2 is 1.95 bits per heavy atom. The number of methoxy groups -OCH3 is 1. The monoisotopic (exact) mass is 270 g/mol. The Bertz CT molecular complexity index is 338. The lowest BCUT2D eigenvalue weighted by molar-refractivity contribution is -0.269. The minimum absolute atomic E-state index is 0.0732. The van der Waals surface area contributed by atoms with Crippen molar-refractivity contribution in [3.63, 3.8) is 0 Å². The van der Waals surface area contributed by atoms with Crippen LogP contribution in [0.1, 0.15) is 33.6 Å². The van der Waals surface area contributed by atoms with Crippen LogP contribution in [0.15, 0.2) is 11.6 Å². The molecule has 0 radical (unpaired) electrons. The summed E-state index contributed by atoms with van der Waals surface area (Å²) in [4.78, 5) is 0. The minimum atomic E-state index is -0.628. The van der Waals surface area contributed by atoms with Crippen LogP contribution >= 0.6 is 0 Å². The van der Waals surface area contributed by atoms with E-state index in [0.29, 0.717) is 13.2 Å². The fourth-order valence-electron chi connectivity index (χ4n) is 2.75. The average Bonchev–Trinajstić information content (AvgIpc) is 2.78. The Labute approximate surface area is 115 Å². The van der Waals surface area contributed by atoms with Gasteiger partial charge >= 0.3 is 0 Å². The molecule has 0 unspecified atom stereocenters. The van der Waals surface area contributed by atoms with E-state index in [2.05, 4.69) is 19.9 Å². The number of rotatable bonds is 4.